The predicted molar refractivity (Wildman–Crippen MR) is 224 cm³/mol. The van der Waals surface area contributed by atoms with Crippen molar-refractivity contribution >= 4 is 47.6 Å². The highest BCUT2D eigenvalue weighted by Crippen LogP contribution is 2.40. The molecule has 4 aromatic heterocycles. The lowest BCUT2D eigenvalue weighted by molar-refractivity contribution is -0.139. The number of aryl methyl sites for hydroxylation is 1. The summed E-state index contributed by atoms with van der Waals surface area (Å²) in [5, 5.41) is 8.85. The van der Waals surface area contributed by atoms with Crippen molar-refractivity contribution in [2.45, 2.75) is 19.2 Å². The molecule has 318 valence electrons. The van der Waals surface area contributed by atoms with Gasteiger partial charge in [0.1, 0.15) is 6.10 Å². The zero-order valence-corrected chi connectivity index (χ0v) is 33.6. The standard InChI is InChI=1S/C42H36ClF5N12O2/c1-25-3-2-4-33(43)37(25)28-5-7-29(50-19-28)20-53-57-41-52-23-35(45)39(56-41)60-13-16-62-36(24-60)31-8-6-26(18-32(31)42(46,47)48)27-9-10-49-30(17-27)21-54-58-40-51-22-34(44)38(55-40)59-11-14-61-15-12-59/h2-10,17-23,36H,11-16,24H2,1H3,(H,51,55,58)(H,52,56,57)/b53-20-,54-21-. The van der Waals surface area contributed by atoms with Gasteiger partial charge in [0.15, 0.2) is 23.3 Å². The number of anilines is 4. The molecule has 0 bridgehead atoms. The molecule has 14 nitrogen and oxygen atoms in total. The number of alkyl halides is 3. The van der Waals surface area contributed by atoms with Crippen molar-refractivity contribution in [3.63, 3.8) is 0 Å². The van der Waals surface area contributed by atoms with Gasteiger partial charge in [-0.25, -0.2) is 29.6 Å². The summed E-state index contributed by atoms with van der Waals surface area (Å²) in [4.78, 5) is 28.3. The lowest BCUT2D eigenvalue weighted by Crippen LogP contribution is -2.40. The minimum absolute atomic E-state index is 0.00201. The van der Waals surface area contributed by atoms with E-state index in [1.54, 1.807) is 35.4 Å². The number of ether oxygens (including phenoxy) is 2. The molecular weight excluding hydrogens is 835 g/mol. The quantitative estimate of drug-likeness (QED) is 0.0739. The molecule has 1 unspecified atom stereocenters. The molecule has 2 aliphatic heterocycles. The van der Waals surface area contributed by atoms with Gasteiger partial charge in [-0.05, 0) is 59.5 Å². The van der Waals surface area contributed by atoms with E-state index in [4.69, 9.17) is 21.1 Å². The fourth-order valence-electron chi connectivity index (χ4n) is 6.97. The average molecular weight is 871 g/mol. The van der Waals surface area contributed by atoms with Gasteiger partial charge in [0.2, 0.25) is 11.9 Å². The summed E-state index contributed by atoms with van der Waals surface area (Å²) < 4.78 is 84.9. The number of hydrazone groups is 2. The molecule has 20 heteroatoms. The van der Waals surface area contributed by atoms with Crippen LogP contribution in [0.4, 0.5) is 45.5 Å². The Morgan fingerprint density at radius 1 is 0.742 bits per heavy atom. The number of pyridine rings is 2. The first kappa shape index (κ1) is 42.0. The average Bonchev–Trinajstić information content (AvgIpc) is 3.28. The van der Waals surface area contributed by atoms with Crippen LogP contribution in [0, 0.1) is 18.6 Å². The monoisotopic (exact) mass is 870 g/mol. The van der Waals surface area contributed by atoms with Gasteiger partial charge < -0.3 is 19.3 Å². The number of hydrogen-bond donors (Lipinski definition) is 2. The smallest absolute Gasteiger partial charge is 0.378 e. The molecule has 1 atom stereocenters. The Kier molecular flexibility index (Phi) is 12.5. The number of benzene rings is 2. The Bertz CT molecular complexity index is 2590. The van der Waals surface area contributed by atoms with E-state index in [0.717, 1.165) is 35.2 Å². The van der Waals surface area contributed by atoms with Crippen molar-refractivity contribution in [2.75, 3.05) is 66.7 Å². The highest BCUT2D eigenvalue weighted by Gasteiger charge is 2.38. The normalized spacial score (nSPS) is 16.0. The lowest BCUT2D eigenvalue weighted by Gasteiger charge is -2.35. The molecule has 0 aliphatic carbocycles. The van der Waals surface area contributed by atoms with Gasteiger partial charge in [-0.15, -0.1) is 0 Å². The van der Waals surface area contributed by atoms with Crippen LogP contribution in [-0.2, 0) is 15.7 Å². The van der Waals surface area contributed by atoms with Crippen molar-refractivity contribution < 1.29 is 31.4 Å². The third-order valence-electron chi connectivity index (χ3n) is 9.97. The molecular formula is C42H36ClF5N12O2. The molecule has 8 rings (SSSR count). The summed E-state index contributed by atoms with van der Waals surface area (Å²) in [5.41, 5.74) is 8.52. The summed E-state index contributed by atoms with van der Waals surface area (Å²) in [6.07, 6.45) is 2.05. The summed E-state index contributed by atoms with van der Waals surface area (Å²) in [7, 11) is 0. The maximum absolute atomic E-state index is 15.2. The highest BCUT2D eigenvalue weighted by molar-refractivity contribution is 6.33. The topological polar surface area (TPSA) is 151 Å². The molecule has 0 amide bonds. The van der Waals surface area contributed by atoms with Gasteiger partial charge in [-0.3, -0.25) is 9.97 Å². The third kappa shape index (κ3) is 9.75. The van der Waals surface area contributed by atoms with Crippen LogP contribution in [0.1, 0.15) is 34.2 Å². The van der Waals surface area contributed by atoms with Gasteiger partial charge in [0, 0.05) is 54.7 Å². The molecule has 2 N–H and O–H groups in total. The van der Waals surface area contributed by atoms with Crippen LogP contribution in [0.5, 0.6) is 0 Å². The number of nitrogens with zero attached hydrogens (tertiary/aromatic N) is 10. The maximum Gasteiger partial charge on any atom is 0.416 e. The van der Waals surface area contributed by atoms with E-state index in [9.17, 15) is 17.6 Å². The van der Waals surface area contributed by atoms with Crippen molar-refractivity contribution in [3.8, 4) is 22.3 Å². The Morgan fingerprint density at radius 3 is 2.08 bits per heavy atom. The molecule has 6 heterocycles. The summed E-state index contributed by atoms with van der Waals surface area (Å²) in [6.45, 7) is 3.82. The van der Waals surface area contributed by atoms with E-state index in [0.29, 0.717) is 48.3 Å². The SMILES string of the molecule is Cc1cccc(Cl)c1-c1ccc(/C=N\Nc2ncc(F)c(N3CCOC(c4ccc(-c5ccnc(/C=N\Nc6ncc(F)c(N7CCOCC7)n6)c5)cc4C(F)(F)F)C3)n2)nc1. The zero-order chi connectivity index (χ0) is 43.2. The minimum atomic E-state index is -4.76. The molecule has 2 aliphatic rings. The predicted octanol–water partition coefficient (Wildman–Crippen LogP) is 7.96. The maximum atomic E-state index is 15.2. The fourth-order valence-corrected chi connectivity index (χ4v) is 7.30. The van der Waals surface area contributed by atoms with Crippen molar-refractivity contribution in [3.05, 3.63) is 130 Å². The molecule has 62 heavy (non-hydrogen) atoms. The van der Waals surface area contributed by atoms with E-state index in [2.05, 4.69) is 51.0 Å². The van der Waals surface area contributed by atoms with Gasteiger partial charge >= 0.3 is 6.18 Å². The minimum Gasteiger partial charge on any atom is -0.378 e. The second kappa shape index (κ2) is 18.5. The van der Waals surface area contributed by atoms with Crippen LogP contribution in [0.3, 0.4) is 0 Å². The Balaban J connectivity index is 0.944. The first-order valence-corrected chi connectivity index (χ1v) is 19.6. The van der Waals surface area contributed by atoms with Crippen LogP contribution in [0.2, 0.25) is 5.02 Å². The third-order valence-corrected chi connectivity index (χ3v) is 10.3. The molecule has 6 aromatic rings. The Labute approximate surface area is 356 Å². The number of hydrogen-bond acceptors (Lipinski definition) is 14. The second-order valence-electron chi connectivity index (χ2n) is 14.0. The molecule has 2 saturated heterocycles. The number of halogens is 6. The molecule has 0 radical (unpaired) electrons. The molecule has 0 saturated carbocycles. The summed E-state index contributed by atoms with van der Waals surface area (Å²) in [6, 6.07) is 16.3. The van der Waals surface area contributed by atoms with E-state index in [1.807, 2.05) is 31.2 Å². The van der Waals surface area contributed by atoms with E-state index < -0.39 is 29.5 Å². The Morgan fingerprint density at radius 2 is 1.40 bits per heavy atom. The van der Waals surface area contributed by atoms with Crippen molar-refractivity contribution in [2.24, 2.45) is 10.2 Å². The molecule has 2 fully saturated rings. The number of morpholine rings is 2. The fraction of sp³-hybridized carbons (Fsp3) is 0.238. The first-order valence-electron chi connectivity index (χ1n) is 19.2. The van der Waals surface area contributed by atoms with Crippen LogP contribution < -0.4 is 20.7 Å². The van der Waals surface area contributed by atoms with Crippen LogP contribution in [0.15, 0.2) is 95.7 Å². The second-order valence-corrected chi connectivity index (χ2v) is 14.5. The summed E-state index contributed by atoms with van der Waals surface area (Å²) >= 11 is 6.40. The van der Waals surface area contributed by atoms with Crippen molar-refractivity contribution in [1.82, 2.24) is 29.9 Å². The van der Waals surface area contributed by atoms with Crippen molar-refractivity contribution in [1.29, 1.82) is 0 Å². The van der Waals surface area contributed by atoms with Crippen LogP contribution >= 0.6 is 11.6 Å². The van der Waals surface area contributed by atoms with Crippen LogP contribution in [0.25, 0.3) is 22.3 Å². The summed E-state index contributed by atoms with van der Waals surface area (Å²) in [5.74, 6) is -1.36. The van der Waals surface area contributed by atoms with E-state index in [-0.39, 0.29) is 54.4 Å². The first-order chi connectivity index (χ1) is 30.0. The van der Waals surface area contributed by atoms with Gasteiger partial charge in [-0.1, -0.05) is 41.9 Å². The van der Waals surface area contributed by atoms with E-state index in [1.165, 1.54) is 29.6 Å². The lowest BCUT2D eigenvalue weighted by atomic mass is 9.95. The molecule has 0 spiro atoms. The number of rotatable bonds is 11. The zero-order valence-electron chi connectivity index (χ0n) is 32.8. The van der Waals surface area contributed by atoms with Crippen LogP contribution in [-0.4, -0.2) is 88.3 Å². The highest BCUT2D eigenvalue weighted by atomic mass is 35.5. The van der Waals surface area contributed by atoms with Gasteiger partial charge in [0.05, 0.1) is 61.6 Å². The van der Waals surface area contributed by atoms with E-state index >= 15 is 4.39 Å². The van der Waals surface area contributed by atoms with Gasteiger partial charge in [-0.2, -0.15) is 33.3 Å². The largest absolute Gasteiger partial charge is 0.416 e. The Hall–Kier alpha value is -6.70. The number of aromatic nitrogens is 6. The number of nitrogens with one attached hydrogen (secondary N) is 2. The van der Waals surface area contributed by atoms with Gasteiger partial charge in [0.25, 0.3) is 0 Å². The molecule has 2 aromatic carbocycles.